The second kappa shape index (κ2) is 7.24. The summed E-state index contributed by atoms with van der Waals surface area (Å²) in [6, 6.07) is 18.1. The number of aromatic nitrogens is 1. The minimum atomic E-state index is -0.0830. The Kier molecular flexibility index (Phi) is 4.35. The van der Waals surface area contributed by atoms with Gasteiger partial charge in [-0.3, -0.25) is 14.7 Å². The van der Waals surface area contributed by atoms with E-state index in [9.17, 15) is 4.79 Å². The fraction of sp³-hybridized carbons (Fsp3) is 0.360. The zero-order valence-electron chi connectivity index (χ0n) is 17.7. The predicted molar refractivity (Wildman–Crippen MR) is 122 cm³/mol. The molecule has 4 heterocycles. The molecular formula is C25H26N4O2. The molecule has 6 nitrogen and oxygen atoms in total. The number of carbonyl (C=O) groups is 1. The third-order valence-corrected chi connectivity index (χ3v) is 6.88. The number of likely N-dealkylation sites (tertiary alicyclic amines) is 1. The van der Waals surface area contributed by atoms with Gasteiger partial charge in [0.2, 0.25) is 0 Å². The van der Waals surface area contributed by atoms with Crippen LogP contribution in [-0.4, -0.2) is 54.1 Å². The lowest BCUT2D eigenvalue weighted by atomic mass is 10.1. The van der Waals surface area contributed by atoms with E-state index in [0.29, 0.717) is 12.1 Å². The van der Waals surface area contributed by atoms with E-state index in [4.69, 9.17) is 9.72 Å². The van der Waals surface area contributed by atoms with Crippen LogP contribution in [0.4, 0.5) is 11.4 Å². The van der Waals surface area contributed by atoms with Crippen molar-refractivity contribution in [3.63, 3.8) is 0 Å². The Balaban J connectivity index is 1.14. The number of nitrogens with one attached hydrogen (secondary N) is 1. The van der Waals surface area contributed by atoms with Crippen LogP contribution in [0.2, 0.25) is 0 Å². The molecule has 3 aromatic rings. The third kappa shape index (κ3) is 3.31. The minimum absolute atomic E-state index is 0.0830. The Hall–Kier alpha value is -3.12. The third-order valence-electron chi connectivity index (χ3n) is 6.88. The maximum atomic E-state index is 11.6. The quantitative estimate of drug-likeness (QED) is 0.709. The molecule has 31 heavy (non-hydrogen) atoms. The van der Waals surface area contributed by atoms with Crippen molar-refractivity contribution >= 4 is 28.2 Å². The summed E-state index contributed by atoms with van der Waals surface area (Å²) in [7, 11) is 0. The molecule has 3 aliphatic rings. The number of nitrogens with zero attached hydrogens (tertiary/aromatic N) is 3. The highest BCUT2D eigenvalue weighted by Crippen LogP contribution is 2.38. The van der Waals surface area contributed by atoms with Crippen LogP contribution in [0.1, 0.15) is 17.7 Å². The molecule has 1 amide bonds. The Labute approximate surface area is 181 Å². The van der Waals surface area contributed by atoms with E-state index in [1.54, 1.807) is 0 Å². The van der Waals surface area contributed by atoms with E-state index in [2.05, 4.69) is 57.6 Å². The van der Waals surface area contributed by atoms with E-state index in [1.165, 1.54) is 23.1 Å². The first-order chi connectivity index (χ1) is 15.1. The highest BCUT2D eigenvalue weighted by atomic mass is 16.5. The molecule has 3 aliphatic heterocycles. The lowest BCUT2D eigenvalue weighted by Crippen LogP contribution is -2.47. The Morgan fingerprint density at radius 1 is 1.13 bits per heavy atom. The minimum Gasteiger partial charge on any atom is -0.482 e. The first kappa shape index (κ1) is 18.6. The van der Waals surface area contributed by atoms with Gasteiger partial charge in [-0.15, -0.1) is 0 Å². The first-order valence-electron chi connectivity index (χ1n) is 11.1. The largest absolute Gasteiger partial charge is 0.482 e. The molecule has 1 N–H and O–H groups in total. The lowest BCUT2D eigenvalue weighted by molar-refractivity contribution is -0.118. The van der Waals surface area contributed by atoms with Gasteiger partial charge in [0.25, 0.3) is 5.91 Å². The van der Waals surface area contributed by atoms with Gasteiger partial charge in [-0.25, -0.2) is 0 Å². The van der Waals surface area contributed by atoms with E-state index in [-0.39, 0.29) is 12.5 Å². The standard InChI is InChI=1S/C25H26N4O2/c1-16-5-7-20-21(26-16)3-2-4-23(20)29-14-18-12-19(29)13-28(18)10-9-17-6-8-24-22(11-17)27-25(30)15-31-24/h2-8,11,18-19H,9-10,12-15H2,1H3,(H,27,30)/t18-,19-/m1/s1. The van der Waals surface area contributed by atoms with Crippen molar-refractivity contribution < 1.29 is 9.53 Å². The number of carbonyl (C=O) groups excluding carboxylic acids is 1. The summed E-state index contributed by atoms with van der Waals surface area (Å²) in [4.78, 5) is 21.5. The van der Waals surface area contributed by atoms with E-state index in [0.717, 1.165) is 48.7 Å². The van der Waals surface area contributed by atoms with Gasteiger partial charge < -0.3 is 15.0 Å². The number of amides is 1. The molecule has 0 unspecified atom stereocenters. The highest BCUT2D eigenvalue weighted by Gasteiger charge is 2.43. The number of pyridine rings is 1. The summed E-state index contributed by atoms with van der Waals surface area (Å²) in [5.41, 5.74) is 5.50. The Morgan fingerprint density at radius 3 is 2.94 bits per heavy atom. The van der Waals surface area contributed by atoms with Crippen LogP contribution in [0.25, 0.3) is 10.9 Å². The van der Waals surface area contributed by atoms with Gasteiger partial charge in [-0.05, 0) is 61.7 Å². The number of rotatable bonds is 4. The maximum Gasteiger partial charge on any atom is 0.262 e. The van der Waals surface area contributed by atoms with Gasteiger partial charge in [0, 0.05) is 48.5 Å². The second-order valence-electron chi connectivity index (χ2n) is 8.90. The summed E-state index contributed by atoms with van der Waals surface area (Å²) in [6.45, 7) is 5.37. The Morgan fingerprint density at radius 2 is 2.06 bits per heavy atom. The van der Waals surface area contributed by atoms with Crippen LogP contribution >= 0.6 is 0 Å². The molecule has 158 valence electrons. The number of hydrogen-bond donors (Lipinski definition) is 1. The van der Waals surface area contributed by atoms with Crippen molar-refractivity contribution in [2.24, 2.45) is 0 Å². The monoisotopic (exact) mass is 414 g/mol. The number of fused-ring (bicyclic) bond motifs is 4. The van der Waals surface area contributed by atoms with Crippen molar-refractivity contribution in [3.05, 3.63) is 59.8 Å². The predicted octanol–water partition coefficient (Wildman–Crippen LogP) is 3.38. The van der Waals surface area contributed by atoms with Gasteiger partial charge in [0.1, 0.15) is 5.75 Å². The van der Waals surface area contributed by atoms with Gasteiger partial charge in [0.15, 0.2) is 6.61 Å². The van der Waals surface area contributed by atoms with Crippen LogP contribution in [0.15, 0.2) is 48.5 Å². The van der Waals surface area contributed by atoms with E-state index < -0.39 is 0 Å². The number of ether oxygens (including phenoxy) is 1. The van der Waals surface area contributed by atoms with Crippen molar-refractivity contribution in [3.8, 4) is 5.75 Å². The normalized spacial score (nSPS) is 22.5. The number of anilines is 2. The summed E-state index contributed by atoms with van der Waals surface area (Å²) in [5, 5.41) is 4.16. The molecule has 0 saturated carbocycles. The van der Waals surface area contributed by atoms with Crippen LogP contribution in [-0.2, 0) is 11.2 Å². The fourth-order valence-corrected chi connectivity index (χ4v) is 5.37. The number of aryl methyl sites for hydroxylation is 1. The second-order valence-corrected chi connectivity index (χ2v) is 8.90. The average Bonchev–Trinajstić information content (AvgIpc) is 3.37. The molecule has 0 spiro atoms. The van der Waals surface area contributed by atoms with Crippen LogP contribution in [0.5, 0.6) is 5.75 Å². The van der Waals surface area contributed by atoms with Crippen LogP contribution in [0.3, 0.4) is 0 Å². The highest BCUT2D eigenvalue weighted by molar-refractivity contribution is 5.95. The summed E-state index contributed by atoms with van der Waals surface area (Å²) in [6.07, 6.45) is 2.20. The summed E-state index contributed by atoms with van der Waals surface area (Å²) in [5.74, 6) is 0.680. The topological polar surface area (TPSA) is 57.7 Å². The molecule has 2 aromatic carbocycles. The number of hydrogen-bond acceptors (Lipinski definition) is 5. The molecule has 2 fully saturated rings. The lowest BCUT2D eigenvalue weighted by Gasteiger charge is -2.36. The smallest absolute Gasteiger partial charge is 0.262 e. The Bertz CT molecular complexity index is 1180. The van der Waals surface area contributed by atoms with Crippen molar-refractivity contribution in [2.45, 2.75) is 31.8 Å². The number of piperazine rings is 1. The molecule has 1 aromatic heterocycles. The van der Waals surface area contributed by atoms with E-state index >= 15 is 0 Å². The average molecular weight is 415 g/mol. The molecule has 0 radical (unpaired) electrons. The molecular weight excluding hydrogens is 388 g/mol. The molecule has 0 aliphatic carbocycles. The zero-order chi connectivity index (χ0) is 20.9. The van der Waals surface area contributed by atoms with Gasteiger partial charge in [-0.2, -0.15) is 0 Å². The van der Waals surface area contributed by atoms with Crippen molar-refractivity contribution in [1.29, 1.82) is 0 Å². The van der Waals surface area contributed by atoms with Gasteiger partial charge in [-0.1, -0.05) is 12.1 Å². The van der Waals surface area contributed by atoms with E-state index in [1.807, 2.05) is 13.0 Å². The molecule has 6 rings (SSSR count). The zero-order valence-corrected chi connectivity index (χ0v) is 17.7. The van der Waals surface area contributed by atoms with Gasteiger partial charge >= 0.3 is 0 Å². The van der Waals surface area contributed by atoms with Crippen molar-refractivity contribution in [2.75, 3.05) is 36.5 Å². The fourth-order valence-electron chi connectivity index (χ4n) is 5.37. The summed E-state index contributed by atoms with van der Waals surface area (Å²) >= 11 is 0. The summed E-state index contributed by atoms with van der Waals surface area (Å²) < 4.78 is 5.47. The molecule has 6 heteroatoms. The van der Waals surface area contributed by atoms with Crippen molar-refractivity contribution in [1.82, 2.24) is 9.88 Å². The first-order valence-corrected chi connectivity index (χ1v) is 11.1. The molecule has 2 saturated heterocycles. The van der Waals surface area contributed by atoms with Crippen LogP contribution in [0, 0.1) is 6.92 Å². The molecule has 2 atom stereocenters. The maximum absolute atomic E-state index is 11.6. The van der Waals surface area contributed by atoms with Gasteiger partial charge in [0.05, 0.1) is 11.2 Å². The number of benzene rings is 2. The van der Waals surface area contributed by atoms with Crippen LogP contribution < -0.4 is 15.0 Å². The SMILES string of the molecule is Cc1ccc2c(N3C[C@H]4C[C@@H]3CN4CCc3ccc4c(c3)NC(=O)CO4)cccc2n1. The molecule has 2 bridgehead atoms.